The Morgan fingerprint density at radius 3 is 2.35 bits per heavy atom. The number of nitrogens with one attached hydrogen (secondary N) is 1. The highest BCUT2D eigenvalue weighted by Crippen LogP contribution is 2.36. The van der Waals surface area contributed by atoms with Crippen LogP contribution < -0.4 is 4.72 Å². The van der Waals surface area contributed by atoms with E-state index in [1.54, 1.807) is 19.1 Å². The molecule has 1 aromatic carbocycles. The van der Waals surface area contributed by atoms with Crippen molar-refractivity contribution in [1.82, 2.24) is 9.71 Å². The lowest BCUT2D eigenvalue weighted by atomic mass is 10.1. The van der Waals surface area contributed by atoms with E-state index in [1.165, 1.54) is 12.4 Å². The minimum Gasteiger partial charge on any atom is -0.265 e. The summed E-state index contributed by atoms with van der Waals surface area (Å²) >= 11 is 5.49. The molecule has 0 bridgehead atoms. The summed E-state index contributed by atoms with van der Waals surface area (Å²) in [5, 5.41) is -0.557. The van der Waals surface area contributed by atoms with Crippen LogP contribution in [-0.4, -0.2) is 13.4 Å². The Bertz CT molecular complexity index is 795. The highest BCUT2D eigenvalue weighted by atomic mass is 35.5. The van der Waals surface area contributed by atoms with Crippen LogP contribution >= 0.6 is 11.6 Å². The van der Waals surface area contributed by atoms with E-state index in [9.17, 15) is 21.6 Å². The number of pyridine rings is 1. The second-order valence-electron chi connectivity index (χ2n) is 4.76. The molecule has 2 rings (SSSR count). The predicted molar refractivity (Wildman–Crippen MR) is 79.4 cm³/mol. The Labute approximate surface area is 136 Å². The fourth-order valence-electron chi connectivity index (χ4n) is 1.91. The highest BCUT2D eigenvalue weighted by Gasteiger charge is 2.34. The predicted octanol–water partition coefficient (Wildman–Crippen LogP) is 3.79. The molecule has 0 unspecified atom stereocenters. The minimum atomic E-state index is -4.74. The van der Waals surface area contributed by atoms with Crippen LogP contribution in [0.2, 0.25) is 5.02 Å². The van der Waals surface area contributed by atoms with Gasteiger partial charge < -0.3 is 0 Å². The first-order chi connectivity index (χ1) is 10.6. The molecule has 9 heteroatoms. The van der Waals surface area contributed by atoms with E-state index in [-0.39, 0.29) is 0 Å². The Morgan fingerprint density at radius 1 is 1.17 bits per heavy atom. The number of aromatic nitrogens is 1. The van der Waals surface area contributed by atoms with Crippen molar-refractivity contribution in [3.05, 3.63) is 58.9 Å². The summed E-state index contributed by atoms with van der Waals surface area (Å²) in [5.41, 5.74) is -0.563. The third kappa shape index (κ3) is 4.21. The van der Waals surface area contributed by atoms with Crippen LogP contribution in [0, 0.1) is 0 Å². The molecule has 1 N–H and O–H groups in total. The van der Waals surface area contributed by atoms with Crippen molar-refractivity contribution in [2.75, 3.05) is 0 Å². The summed E-state index contributed by atoms with van der Waals surface area (Å²) in [6.45, 7) is 1.58. The van der Waals surface area contributed by atoms with Crippen LogP contribution in [0.1, 0.15) is 24.1 Å². The topological polar surface area (TPSA) is 59.1 Å². The molecule has 0 radical (unpaired) electrons. The van der Waals surface area contributed by atoms with E-state index in [4.69, 9.17) is 11.6 Å². The van der Waals surface area contributed by atoms with Gasteiger partial charge in [0.05, 0.1) is 15.5 Å². The van der Waals surface area contributed by atoms with Crippen molar-refractivity contribution < 1.29 is 21.6 Å². The summed E-state index contributed by atoms with van der Waals surface area (Å²) in [7, 11) is -4.14. The molecule has 1 aromatic heterocycles. The lowest BCUT2D eigenvalue weighted by Gasteiger charge is -2.16. The first-order valence-electron chi connectivity index (χ1n) is 6.40. The lowest BCUT2D eigenvalue weighted by molar-refractivity contribution is -0.137. The number of hydrogen-bond donors (Lipinski definition) is 1. The number of sulfonamides is 1. The number of nitrogens with zero attached hydrogens (tertiary/aromatic N) is 1. The quantitative estimate of drug-likeness (QED) is 0.897. The number of halogens is 4. The summed E-state index contributed by atoms with van der Waals surface area (Å²) in [6.07, 6.45) is -1.76. The van der Waals surface area contributed by atoms with Gasteiger partial charge in [-0.1, -0.05) is 11.6 Å². The molecule has 0 fully saturated rings. The van der Waals surface area contributed by atoms with E-state index in [0.717, 1.165) is 12.1 Å². The average molecular weight is 365 g/mol. The summed E-state index contributed by atoms with van der Waals surface area (Å²) in [4.78, 5) is 3.31. The fraction of sp³-hybridized carbons (Fsp3) is 0.214. The highest BCUT2D eigenvalue weighted by molar-refractivity contribution is 7.89. The van der Waals surface area contributed by atoms with Gasteiger partial charge in [-0.15, -0.1) is 0 Å². The van der Waals surface area contributed by atoms with Gasteiger partial charge in [-0.3, -0.25) is 4.98 Å². The Kier molecular flexibility index (Phi) is 4.98. The summed E-state index contributed by atoms with van der Waals surface area (Å²) in [6, 6.07) is 5.04. The molecule has 0 aliphatic heterocycles. The molecule has 4 nitrogen and oxygen atoms in total. The van der Waals surface area contributed by atoms with Gasteiger partial charge >= 0.3 is 6.18 Å². The molecule has 0 saturated heterocycles. The second kappa shape index (κ2) is 6.46. The molecule has 1 heterocycles. The zero-order valence-corrected chi connectivity index (χ0v) is 13.4. The number of hydrogen-bond acceptors (Lipinski definition) is 3. The van der Waals surface area contributed by atoms with Gasteiger partial charge in [0.25, 0.3) is 0 Å². The number of rotatable bonds is 4. The molecule has 0 aliphatic rings. The van der Waals surface area contributed by atoms with Crippen LogP contribution in [0.25, 0.3) is 0 Å². The minimum absolute atomic E-state index is 0.505. The molecule has 0 spiro atoms. The van der Waals surface area contributed by atoms with Crippen molar-refractivity contribution >= 4 is 21.6 Å². The van der Waals surface area contributed by atoms with Crippen molar-refractivity contribution in [3.63, 3.8) is 0 Å². The van der Waals surface area contributed by atoms with Gasteiger partial charge in [0.15, 0.2) is 0 Å². The summed E-state index contributed by atoms with van der Waals surface area (Å²) in [5.74, 6) is 0. The molecule has 2 aromatic rings. The lowest BCUT2D eigenvalue weighted by Crippen LogP contribution is -2.27. The first-order valence-corrected chi connectivity index (χ1v) is 8.26. The van der Waals surface area contributed by atoms with Crippen LogP contribution in [0.5, 0.6) is 0 Å². The van der Waals surface area contributed by atoms with Gasteiger partial charge in [-0.25, -0.2) is 13.1 Å². The molecular weight excluding hydrogens is 353 g/mol. The first kappa shape index (κ1) is 17.7. The maximum absolute atomic E-state index is 12.8. The van der Waals surface area contributed by atoms with Gasteiger partial charge in [-0.05, 0) is 42.8 Å². The maximum Gasteiger partial charge on any atom is 0.417 e. The van der Waals surface area contributed by atoms with Crippen molar-refractivity contribution in [1.29, 1.82) is 0 Å². The molecule has 0 saturated carbocycles. The Morgan fingerprint density at radius 2 is 1.78 bits per heavy atom. The van der Waals surface area contributed by atoms with Crippen molar-refractivity contribution in [3.8, 4) is 0 Å². The zero-order chi connectivity index (χ0) is 17.3. The Balaban J connectivity index is 2.34. The van der Waals surface area contributed by atoms with Gasteiger partial charge in [0.1, 0.15) is 0 Å². The van der Waals surface area contributed by atoms with E-state index in [1.807, 2.05) is 0 Å². The third-order valence-corrected chi connectivity index (χ3v) is 4.96. The largest absolute Gasteiger partial charge is 0.417 e. The van der Waals surface area contributed by atoms with Gasteiger partial charge in [-0.2, -0.15) is 13.2 Å². The molecule has 1 atom stereocenters. The summed E-state index contributed by atoms with van der Waals surface area (Å²) < 4.78 is 65.4. The SMILES string of the molecule is C[C@H](NS(=O)(=O)c1ccc(Cl)c(C(F)(F)F)c1)c1ccncc1. The number of alkyl halides is 3. The average Bonchev–Trinajstić information content (AvgIpc) is 2.46. The molecule has 0 aliphatic carbocycles. The zero-order valence-electron chi connectivity index (χ0n) is 11.8. The number of benzene rings is 1. The molecular formula is C14H12ClF3N2O2S. The third-order valence-electron chi connectivity index (χ3n) is 3.09. The van der Waals surface area contributed by atoms with Crippen molar-refractivity contribution in [2.24, 2.45) is 0 Å². The second-order valence-corrected chi connectivity index (χ2v) is 6.88. The van der Waals surface area contributed by atoms with Gasteiger partial charge in [0, 0.05) is 18.4 Å². The van der Waals surface area contributed by atoms with Crippen LogP contribution in [0.4, 0.5) is 13.2 Å². The van der Waals surface area contributed by atoms with Crippen LogP contribution in [0.15, 0.2) is 47.6 Å². The molecule has 0 amide bonds. The maximum atomic E-state index is 12.8. The Hall–Kier alpha value is -1.64. The molecule has 23 heavy (non-hydrogen) atoms. The smallest absolute Gasteiger partial charge is 0.265 e. The van der Waals surface area contributed by atoms with E-state index in [2.05, 4.69) is 9.71 Å². The fourth-order valence-corrected chi connectivity index (χ4v) is 3.39. The molecule has 124 valence electrons. The van der Waals surface area contributed by atoms with Crippen LogP contribution in [-0.2, 0) is 16.2 Å². The monoisotopic (exact) mass is 364 g/mol. The van der Waals surface area contributed by atoms with E-state index < -0.39 is 37.7 Å². The van der Waals surface area contributed by atoms with Crippen LogP contribution in [0.3, 0.4) is 0 Å². The van der Waals surface area contributed by atoms with Gasteiger partial charge in [0.2, 0.25) is 10.0 Å². The van der Waals surface area contributed by atoms with E-state index in [0.29, 0.717) is 11.6 Å². The normalized spacial score (nSPS) is 13.8. The van der Waals surface area contributed by atoms with Crippen molar-refractivity contribution in [2.45, 2.75) is 24.0 Å². The standard InChI is InChI=1S/C14H12ClF3N2O2S/c1-9(10-4-6-19-7-5-10)20-23(21,22)11-2-3-13(15)12(8-11)14(16,17)18/h2-9,20H,1H3/t9-/m0/s1. The van der Waals surface area contributed by atoms with E-state index >= 15 is 0 Å².